The Hall–Kier alpha value is -0.170. The summed E-state index contributed by atoms with van der Waals surface area (Å²) in [6.45, 7) is 15.9. The molecule has 0 amide bonds. The molecule has 1 atom stereocenters. The van der Waals surface area contributed by atoms with Crippen LogP contribution in [0.3, 0.4) is 0 Å². The number of hydrogen-bond acceptors (Lipinski definition) is 7. The maximum atomic E-state index is 11.2. The second-order valence-corrected chi connectivity index (χ2v) is 24.8. The first kappa shape index (κ1) is 55.2. The average molecular weight is 1210 g/mol. The summed E-state index contributed by atoms with van der Waals surface area (Å²) >= 11 is 9.54. The van der Waals surface area contributed by atoms with Crippen LogP contribution in [0.5, 0.6) is 0 Å². The van der Waals surface area contributed by atoms with Crippen molar-refractivity contribution in [3.05, 3.63) is 83.9 Å². The van der Waals surface area contributed by atoms with Crippen LogP contribution in [0.15, 0.2) is 72.8 Å². The minimum atomic E-state index is -1.10. The van der Waals surface area contributed by atoms with Crippen molar-refractivity contribution in [2.75, 3.05) is 14.2 Å². The fourth-order valence-corrected chi connectivity index (χ4v) is 3.04. The molecule has 46 heavy (non-hydrogen) atoms. The molecule has 2 aromatic carbocycles. The van der Waals surface area contributed by atoms with E-state index in [0.29, 0.717) is 19.2 Å². The summed E-state index contributed by atoms with van der Waals surface area (Å²) < 4.78 is 3.97. The predicted molar refractivity (Wildman–Crippen MR) is 219 cm³/mol. The summed E-state index contributed by atoms with van der Waals surface area (Å²) in [6, 6.07) is 19.6. The molecule has 0 saturated heterocycles. The van der Waals surface area contributed by atoms with Crippen LogP contribution in [0.1, 0.15) is 80.3 Å². The maximum absolute atomic E-state index is 11.2. The molecule has 0 fully saturated rings. The quantitative estimate of drug-likeness (QED) is 0.0945. The van der Waals surface area contributed by atoms with E-state index in [2.05, 4.69) is 127 Å². The van der Waals surface area contributed by atoms with Crippen LogP contribution in [0.4, 0.5) is 0 Å². The first-order valence-corrected chi connectivity index (χ1v) is 32.7. The summed E-state index contributed by atoms with van der Waals surface area (Å²) in [4.78, 5) is 49.9. The molecule has 1 unspecified atom stereocenters. The van der Waals surface area contributed by atoms with Gasteiger partial charge in [-0.1, -0.05) is 116 Å². The van der Waals surface area contributed by atoms with E-state index in [0.717, 1.165) is 17.7 Å². The Morgan fingerprint density at radius 1 is 0.826 bits per heavy atom. The van der Waals surface area contributed by atoms with Crippen molar-refractivity contribution >= 4 is 98.3 Å². The van der Waals surface area contributed by atoms with Gasteiger partial charge in [0, 0.05) is 56.2 Å². The molecular formula is C32H50I5O9-. The van der Waals surface area contributed by atoms with E-state index < -0.39 is 35.2 Å². The van der Waals surface area contributed by atoms with Crippen LogP contribution < -0.4 is 13.3 Å². The zero-order chi connectivity index (χ0) is 37.1. The van der Waals surface area contributed by atoms with Gasteiger partial charge in [-0.25, -0.2) is 19.4 Å². The number of ether oxygens (including phenoxy) is 1. The SMILES string of the molecule is CC.CC.CC(C)(c1ccccc1)C(CC(=O)O)C(=O)O.CC(C)c1ccccc1.COOC.II.I[I-]I.O=C1C=CC(=O)O1.[2HH]. The Labute approximate surface area is 330 Å². The standard InChI is InChI=1S/C13H16O4.C9H12.C4H2O3.C2H6O2.2C2H6.I3.I2.H2/c1-13(2,9-6-4-3-5-7-9)10(12(16)17)8-11(14)15;1-8(2)9-6-4-3-5-7-9;5-3-1-2-4(6)7-3;1-3-4-2;2*1-2;1-3-2;1-2;/h3-7,10H,8H2,1-2H3,(H,14,15)(H,16,17);3-8H,1-2H3;1-2H;1-2H3;2*1-2H3;;;1H/q;;;;;;-1;;/i;;;;;;;;1+1. The van der Waals surface area contributed by atoms with E-state index in [-0.39, 0.29) is 7.85 Å². The number of cyclic esters (lactones) is 2. The van der Waals surface area contributed by atoms with Crippen molar-refractivity contribution in [3.8, 4) is 0 Å². The van der Waals surface area contributed by atoms with Crippen LogP contribution in [0, 0.1) is 5.92 Å². The number of carboxylic acids is 2. The summed E-state index contributed by atoms with van der Waals surface area (Å²) in [5, 5.41) is 17.9. The summed E-state index contributed by atoms with van der Waals surface area (Å²) in [7, 11) is 2.92. The molecule has 268 valence electrons. The number of halogens is 5. The van der Waals surface area contributed by atoms with Gasteiger partial charge in [-0.3, -0.25) is 9.59 Å². The fraction of sp³-hybridized carbons (Fsp3) is 0.438. The van der Waals surface area contributed by atoms with Crippen molar-refractivity contribution in [1.82, 2.24) is 0 Å². The Balaban J connectivity index is -0.000000119. The van der Waals surface area contributed by atoms with E-state index in [1.807, 2.05) is 64.1 Å². The molecule has 3 rings (SSSR count). The number of benzene rings is 2. The molecule has 1 aliphatic heterocycles. The van der Waals surface area contributed by atoms with Crippen LogP contribution in [0.25, 0.3) is 0 Å². The van der Waals surface area contributed by atoms with Gasteiger partial charge in [-0.2, -0.15) is 0 Å². The predicted octanol–water partition coefficient (Wildman–Crippen LogP) is 7.62. The van der Waals surface area contributed by atoms with Gasteiger partial charge in [0.2, 0.25) is 0 Å². The third-order valence-corrected chi connectivity index (χ3v) is 5.26. The van der Waals surface area contributed by atoms with Crippen molar-refractivity contribution < 1.29 is 58.6 Å². The number of carbonyl (C=O) groups is 4. The summed E-state index contributed by atoms with van der Waals surface area (Å²) in [6.07, 6.45) is 1.79. The second kappa shape index (κ2) is 39.3. The first-order chi connectivity index (χ1) is 21.8. The second-order valence-electron chi connectivity index (χ2n) is 8.60. The maximum Gasteiger partial charge on any atom is 0.338 e. The third-order valence-electron chi connectivity index (χ3n) is 5.26. The molecule has 0 aromatic heterocycles. The van der Waals surface area contributed by atoms with E-state index in [1.54, 1.807) is 13.8 Å². The molecule has 0 radical (unpaired) electrons. The zero-order valence-electron chi connectivity index (χ0n) is 27.9. The van der Waals surface area contributed by atoms with Gasteiger partial charge < -0.3 is 14.9 Å². The Bertz CT molecular complexity index is 1030. The van der Waals surface area contributed by atoms with Gasteiger partial charge in [0.05, 0.1) is 26.6 Å². The summed E-state index contributed by atoms with van der Waals surface area (Å²) in [5.74, 6) is -3.62. The monoisotopic (exact) mass is 1210 g/mol. The molecule has 1 heterocycles. The normalized spacial score (nSPS) is 11.0. The molecule has 0 saturated carbocycles. The molecule has 0 bridgehead atoms. The topological polar surface area (TPSA) is 136 Å². The van der Waals surface area contributed by atoms with Gasteiger partial charge in [0.15, 0.2) is 0 Å². The minimum Gasteiger partial charge on any atom is -0.387 e. The van der Waals surface area contributed by atoms with Crippen LogP contribution >= 0.6 is 74.5 Å². The van der Waals surface area contributed by atoms with E-state index in [9.17, 15) is 19.2 Å². The van der Waals surface area contributed by atoms with Crippen molar-refractivity contribution in [2.24, 2.45) is 5.92 Å². The van der Waals surface area contributed by atoms with Gasteiger partial charge in [-0.05, 0) is 17.0 Å². The van der Waals surface area contributed by atoms with Crippen molar-refractivity contribution in [2.45, 2.75) is 73.1 Å². The number of rotatable bonds is 7. The molecule has 2 aromatic rings. The number of esters is 2. The van der Waals surface area contributed by atoms with Gasteiger partial charge in [-0.15, -0.1) is 0 Å². The molecule has 9 nitrogen and oxygen atoms in total. The number of aliphatic carboxylic acids is 2. The number of carbonyl (C=O) groups excluding carboxylic acids is 2. The number of carboxylic acid groups (broad SMARTS) is 2. The van der Waals surface area contributed by atoms with Gasteiger partial charge in [0.25, 0.3) is 0 Å². The first-order valence-electron chi connectivity index (χ1n) is 13.8. The molecule has 2 N–H and O–H groups in total. The average Bonchev–Trinajstić information content (AvgIpc) is 3.46. The van der Waals surface area contributed by atoms with E-state index in [4.69, 9.17) is 10.2 Å². The summed E-state index contributed by atoms with van der Waals surface area (Å²) in [5.41, 5.74) is 1.53. The van der Waals surface area contributed by atoms with Crippen LogP contribution in [-0.2, 0) is 39.1 Å². The van der Waals surface area contributed by atoms with Gasteiger partial charge in [0.1, 0.15) is 0 Å². The molecule has 0 spiro atoms. The smallest absolute Gasteiger partial charge is 0.338 e. The van der Waals surface area contributed by atoms with Crippen molar-refractivity contribution in [3.63, 3.8) is 0 Å². The molecule has 14 heteroatoms. The molecular weight excluding hydrogens is 1160 g/mol. The van der Waals surface area contributed by atoms with Crippen molar-refractivity contribution in [1.29, 1.82) is 0 Å². The fourth-order valence-electron chi connectivity index (χ4n) is 3.04. The van der Waals surface area contributed by atoms with Gasteiger partial charge >= 0.3 is 74.4 Å². The molecule has 0 aliphatic carbocycles. The molecule has 1 aliphatic rings. The minimum absolute atomic E-state index is 0. The Morgan fingerprint density at radius 2 is 1.17 bits per heavy atom. The zero-order valence-corrected chi connectivity index (χ0v) is 38.7. The van der Waals surface area contributed by atoms with Crippen LogP contribution in [0.2, 0.25) is 0 Å². The Kier molecular flexibility index (Phi) is 47.2. The third kappa shape index (κ3) is 32.4. The van der Waals surface area contributed by atoms with E-state index >= 15 is 0 Å². The Morgan fingerprint density at radius 3 is 1.39 bits per heavy atom. The number of hydrogen-bond donors (Lipinski definition) is 2. The largest absolute Gasteiger partial charge is 0.387 e. The van der Waals surface area contributed by atoms with Crippen LogP contribution in [-0.4, -0.2) is 48.3 Å². The van der Waals surface area contributed by atoms with E-state index in [1.165, 1.54) is 19.8 Å².